The molecule has 3 aromatic carbocycles. The van der Waals surface area contributed by atoms with Crippen LogP contribution in [-0.2, 0) is 43.3 Å². The second-order valence-corrected chi connectivity index (χ2v) is 11.1. The van der Waals surface area contributed by atoms with Gasteiger partial charge in [0.2, 0.25) is 0 Å². The Bertz CT molecular complexity index is 1120. The summed E-state index contributed by atoms with van der Waals surface area (Å²) in [5.41, 5.74) is 4.74. The first kappa shape index (κ1) is 26.4. The van der Waals surface area contributed by atoms with E-state index in [-0.39, 0.29) is 32.2 Å². The van der Waals surface area contributed by atoms with Crippen molar-refractivity contribution in [3.05, 3.63) is 107 Å². The van der Waals surface area contributed by atoms with E-state index in [4.69, 9.17) is 9.47 Å². The normalized spacial score (nSPS) is 13.8. The summed E-state index contributed by atoms with van der Waals surface area (Å²) in [5, 5.41) is 0. The molecule has 184 valence electrons. The minimum absolute atomic E-state index is 0.0298. The van der Waals surface area contributed by atoms with Gasteiger partial charge in [-0.25, -0.2) is 0 Å². The van der Waals surface area contributed by atoms with Gasteiger partial charge in [-0.1, -0.05) is 84.9 Å². The summed E-state index contributed by atoms with van der Waals surface area (Å²) >= 11 is 0. The summed E-state index contributed by atoms with van der Waals surface area (Å²) in [6, 6.07) is 26.9. The number of hydrogen-bond acceptors (Lipinski definition) is 5. The number of benzene rings is 3. The SMILES string of the molecule is CP(=O)(O)CC(CCC(=O)OCc1ccccc1)C(=O)OCc1ccccc1.c1ccc2c(c1)C2. The Morgan fingerprint density at radius 2 is 1.31 bits per heavy atom. The van der Waals surface area contributed by atoms with Gasteiger partial charge in [0.05, 0.1) is 5.92 Å². The molecule has 35 heavy (non-hydrogen) atoms. The number of rotatable bonds is 10. The summed E-state index contributed by atoms with van der Waals surface area (Å²) in [4.78, 5) is 34.0. The molecular formula is C28H31O6P. The lowest BCUT2D eigenvalue weighted by Crippen LogP contribution is -2.23. The molecule has 1 aliphatic rings. The summed E-state index contributed by atoms with van der Waals surface area (Å²) in [7, 11) is -3.45. The predicted molar refractivity (Wildman–Crippen MR) is 135 cm³/mol. The van der Waals surface area contributed by atoms with Crippen LogP contribution < -0.4 is 0 Å². The Morgan fingerprint density at radius 3 is 1.80 bits per heavy atom. The van der Waals surface area contributed by atoms with E-state index in [0.717, 1.165) is 11.1 Å². The maximum Gasteiger partial charge on any atom is 0.309 e. The van der Waals surface area contributed by atoms with E-state index in [1.54, 1.807) is 0 Å². The van der Waals surface area contributed by atoms with Crippen LogP contribution in [0.5, 0.6) is 0 Å². The molecule has 0 spiro atoms. The first-order chi connectivity index (χ1) is 16.8. The van der Waals surface area contributed by atoms with E-state index in [0.29, 0.717) is 0 Å². The van der Waals surface area contributed by atoms with Gasteiger partial charge in [-0.2, -0.15) is 0 Å². The number of carbonyl (C=O) groups excluding carboxylic acids is 2. The number of carbonyl (C=O) groups is 2. The molecule has 0 fully saturated rings. The van der Waals surface area contributed by atoms with Crippen molar-refractivity contribution in [2.24, 2.45) is 5.92 Å². The zero-order valence-electron chi connectivity index (χ0n) is 19.8. The lowest BCUT2D eigenvalue weighted by atomic mass is 10.1. The molecule has 4 rings (SSSR count). The Hall–Kier alpha value is -3.21. The van der Waals surface area contributed by atoms with Gasteiger partial charge >= 0.3 is 11.9 Å². The van der Waals surface area contributed by atoms with Crippen LogP contribution in [0, 0.1) is 5.92 Å². The third-order valence-corrected chi connectivity index (χ3v) is 6.55. The van der Waals surface area contributed by atoms with E-state index in [2.05, 4.69) is 24.3 Å². The number of fused-ring (bicyclic) bond motifs is 1. The van der Waals surface area contributed by atoms with Gasteiger partial charge in [0.15, 0.2) is 7.37 Å². The molecule has 7 heteroatoms. The minimum atomic E-state index is -3.45. The molecule has 2 atom stereocenters. The largest absolute Gasteiger partial charge is 0.461 e. The van der Waals surface area contributed by atoms with E-state index >= 15 is 0 Å². The summed E-state index contributed by atoms with van der Waals surface area (Å²) in [6.07, 6.45) is 1.08. The summed E-state index contributed by atoms with van der Waals surface area (Å²) in [5.74, 6) is -1.89. The second kappa shape index (κ2) is 13.0. The van der Waals surface area contributed by atoms with Gasteiger partial charge < -0.3 is 14.4 Å². The number of esters is 2. The summed E-state index contributed by atoms with van der Waals surface area (Å²) in [6.45, 7) is 1.42. The van der Waals surface area contributed by atoms with Crippen molar-refractivity contribution in [3.8, 4) is 0 Å². The van der Waals surface area contributed by atoms with Crippen molar-refractivity contribution < 1.29 is 28.5 Å². The van der Waals surface area contributed by atoms with E-state index < -0.39 is 25.2 Å². The fourth-order valence-corrected chi connectivity index (χ4v) is 4.63. The van der Waals surface area contributed by atoms with Crippen molar-refractivity contribution in [1.29, 1.82) is 0 Å². The highest BCUT2D eigenvalue weighted by molar-refractivity contribution is 7.57. The third kappa shape index (κ3) is 10.3. The van der Waals surface area contributed by atoms with Crippen LogP contribution in [0.25, 0.3) is 0 Å². The number of ether oxygens (including phenoxy) is 2. The second-order valence-electron chi connectivity index (χ2n) is 8.65. The topological polar surface area (TPSA) is 89.9 Å². The van der Waals surface area contributed by atoms with Crippen LogP contribution in [0.4, 0.5) is 0 Å². The highest BCUT2D eigenvalue weighted by Crippen LogP contribution is 2.39. The molecule has 2 unspecified atom stereocenters. The molecule has 0 bridgehead atoms. The molecule has 0 saturated heterocycles. The van der Waals surface area contributed by atoms with Crippen LogP contribution in [0.15, 0.2) is 84.9 Å². The monoisotopic (exact) mass is 494 g/mol. The molecule has 0 amide bonds. The molecule has 1 N–H and O–H groups in total. The minimum Gasteiger partial charge on any atom is -0.461 e. The van der Waals surface area contributed by atoms with Gasteiger partial charge in [-0.15, -0.1) is 0 Å². The first-order valence-corrected chi connectivity index (χ1v) is 13.9. The smallest absolute Gasteiger partial charge is 0.309 e. The van der Waals surface area contributed by atoms with Crippen LogP contribution >= 0.6 is 7.37 Å². The quantitative estimate of drug-likeness (QED) is 0.236. The molecule has 1 aliphatic carbocycles. The van der Waals surface area contributed by atoms with Crippen molar-refractivity contribution >= 4 is 19.3 Å². The van der Waals surface area contributed by atoms with Crippen LogP contribution in [0.2, 0.25) is 0 Å². The van der Waals surface area contributed by atoms with Gasteiger partial charge in [0.1, 0.15) is 13.2 Å². The van der Waals surface area contributed by atoms with Crippen LogP contribution in [0.3, 0.4) is 0 Å². The maximum atomic E-state index is 12.4. The Balaban J connectivity index is 0.000000410. The van der Waals surface area contributed by atoms with Gasteiger partial charge in [-0.3, -0.25) is 14.2 Å². The number of hydrogen-bond donors (Lipinski definition) is 1. The van der Waals surface area contributed by atoms with E-state index in [1.807, 2.05) is 60.7 Å². The molecule has 6 nitrogen and oxygen atoms in total. The van der Waals surface area contributed by atoms with Crippen molar-refractivity contribution in [2.75, 3.05) is 12.8 Å². The fraction of sp³-hybridized carbons (Fsp3) is 0.286. The molecular weight excluding hydrogens is 463 g/mol. The molecule has 0 aromatic heterocycles. The Kier molecular flexibility index (Phi) is 9.83. The Morgan fingerprint density at radius 1 is 0.829 bits per heavy atom. The third-order valence-electron chi connectivity index (χ3n) is 5.43. The van der Waals surface area contributed by atoms with Crippen LogP contribution in [0.1, 0.15) is 35.1 Å². The van der Waals surface area contributed by atoms with Crippen molar-refractivity contribution in [3.63, 3.8) is 0 Å². The van der Waals surface area contributed by atoms with Gasteiger partial charge in [0.25, 0.3) is 0 Å². The Labute approximate surface area is 206 Å². The molecule has 3 aromatic rings. The van der Waals surface area contributed by atoms with Gasteiger partial charge in [-0.05, 0) is 35.1 Å². The molecule has 0 saturated carbocycles. The van der Waals surface area contributed by atoms with E-state index in [9.17, 15) is 19.0 Å². The fourth-order valence-electron chi connectivity index (χ4n) is 3.48. The van der Waals surface area contributed by atoms with Crippen molar-refractivity contribution in [2.45, 2.75) is 32.5 Å². The standard InChI is InChI=1S/C21H25O6P.C7H6/c1-28(24,25)16-19(21(23)27-15-18-10-6-3-7-11-18)12-13-20(22)26-14-17-8-4-2-5-9-17;1-2-4-7-5-6(7)3-1/h2-11,19H,12-16H2,1H3,(H,24,25);1-4H,5H2. The highest BCUT2D eigenvalue weighted by Gasteiger charge is 2.28. The zero-order chi connectivity index (χ0) is 25.1. The first-order valence-electron chi connectivity index (χ1n) is 11.6. The molecule has 0 aliphatic heterocycles. The van der Waals surface area contributed by atoms with Gasteiger partial charge in [0, 0.05) is 19.2 Å². The zero-order valence-corrected chi connectivity index (χ0v) is 20.7. The summed E-state index contributed by atoms with van der Waals surface area (Å²) < 4.78 is 22.3. The van der Waals surface area contributed by atoms with Crippen molar-refractivity contribution in [1.82, 2.24) is 0 Å². The lowest BCUT2D eigenvalue weighted by Gasteiger charge is -2.17. The average molecular weight is 495 g/mol. The average Bonchev–Trinajstić information content (AvgIpc) is 3.65. The lowest BCUT2D eigenvalue weighted by molar-refractivity contribution is -0.150. The predicted octanol–water partition coefficient (Wildman–Crippen LogP) is 5.36. The maximum absolute atomic E-state index is 12.4. The van der Waals surface area contributed by atoms with E-state index in [1.165, 1.54) is 24.2 Å². The molecule has 0 radical (unpaired) electrons. The highest BCUT2D eigenvalue weighted by atomic mass is 31.2. The molecule has 0 heterocycles. The van der Waals surface area contributed by atoms with Crippen LogP contribution in [-0.4, -0.2) is 29.7 Å².